The van der Waals surface area contributed by atoms with Crippen LogP contribution in [0, 0.1) is 0 Å². The molecule has 27 heavy (non-hydrogen) atoms. The van der Waals surface area contributed by atoms with Gasteiger partial charge in [-0.05, 0) is 48.0 Å². The lowest BCUT2D eigenvalue weighted by atomic mass is 9.88. The van der Waals surface area contributed by atoms with Crippen molar-refractivity contribution in [2.45, 2.75) is 19.3 Å². The number of carbonyl (C=O) groups is 1. The molecule has 2 N–H and O–H groups in total. The van der Waals surface area contributed by atoms with E-state index in [2.05, 4.69) is 41.6 Å². The van der Waals surface area contributed by atoms with E-state index < -0.39 is 10.4 Å². The van der Waals surface area contributed by atoms with E-state index in [1.54, 1.807) is 11.3 Å². The largest absolute Gasteiger partial charge is 0.394 e. The Labute approximate surface area is 162 Å². The SMILES string of the molecule is CN1CCC(=C2c3ccccc3CC(=O)c3sccc32)CC1.O=S(=O)(O)O. The molecule has 1 aromatic carbocycles. The van der Waals surface area contributed by atoms with Crippen molar-refractivity contribution in [2.24, 2.45) is 0 Å². The summed E-state index contributed by atoms with van der Waals surface area (Å²) in [4.78, 5) is 15.9. The predicted molar refractivity (Wildman–Crippen MR) is 106 cm³/mol. The average molecular weight is 408 g/mol. The van der Waals surface area contributed by atoms with E-state index in [1.807, 2.05) is 6.07 Å². The molecule has 2 aromatic rings. The summed E-state index contributed by atoms with van der Waals surface area (Å²) >= 11 is 1.59. The number of nitrogens with zero attached hydrogens (tertiary/aromatic N) is 1. The number of likely N-dealkylation sites (tertiary alicyclic amines) is 1. The fourth-order valence-corrected chi connectivity index (χ4v) is 4.40. The lowest BCUT2D eigenvalue weighted by molar-refractivity contribution is 0.0997. The Morgan fingerprint density at radius 2 is 1.67 bits per heavy atom. The van der Waals surface area contributed by atoms with Crippen molar-refractivity contribution < 1.29 is 22.3 Å². The highest BCUT2D eigenvalue weighted by Gasteiger charge is 2.27. The zero-order chi connectivity index (χ0) is 19.6. The van der Waals surface area contributed by atoms with Gasteiger partial charge in [-0.3, -0.25) is 13.9 Å². The first-order valence-electron chi connectivity index (χ1n) is 8.54. The number of ketones is 1. The van der Waals surface area contributed by atoms with Crippen molar-refractivity contribution in [3.63, 3.8) is 0 Å². The van der Waals surface area contributed by atoms with Gasteiger partial charge in [0, 0.05) is 25.1 Å². The Hall–Kier alpha value is -1.84. The molecule has 0 amide bonds. The minimum absolute atomic E-state index is 0.265. The molecule has 0 spiro atoms. The van der Waals surface area contributed by atoms with Gasteiger partial charge in [0.25, 0.3) is 0 Å². The van der Waals surface area contributed by atoms with Crippen LogP contribution in [0.4, 0.5) is 0 Å². The van der Waals surface area contributed by atoms with E-state index in [9.17, 15) is 4.79 Å². The number of carbonyl (C=O) groups excluding carboxylic acids is 1. The zero-order valence-corrected chi connectivity index (χ0v) is 16.5. The molecule has 2 aliphatic rings. The van der Waals surface area contributed by atoms with E-state index in [4.69, 9.17) is 17.5 Å². The molecule has 1 aliphatic heterocycles. The minimum Gasteiger partial charge on any atom is -0.306 e. The zero-order valence-electron chi connectivity index (χ0n) is 14.9. The third kappa shape index (κ3) is 4.91. The van der Waals surface area contributed by atoms with E-state index in [1.165, 1.54) is 27.8 Å². The van der Waals surface area contributed by atoms with Crippen LogP contribution in [0.25, 0.3) is 5.57 Å². The molecule has 0 bridgehead atoms. The lowest BCUT2D eigenvalue weighted by Crippen LogP contribution is -2.27. The van der Waals surface area contributed by atoms with Gasteiger partial charge < -0.3 is 4.90 Å². The summed E-state index contributed by atoms with van der Waals surface area (Å²) in [6.07, 6.45) is 2.73. The van der Waals surface area contributed by atoms with Crippen molar-refractivity contribution in [1.29, 1.82) is 0 Å². The summed E-state index contributed by atoms with van der Waals surface area (Å²) in [5, 5.41) is 2.06. The van der Waals surface area contributed by atoms with Crippen LogP contribution < -0.4 is 0 Å². The molecule has 1 saturated heterocycles. The van der Waals surface area contributed by atoms with Crippen LogP contribution in [-0.4, -0.2) is 48.3 Å². The Morgan fingerprint density at radius 1 is 1.04 bits per heavy atom. The third-order valence-corrected chi connectivity index (χ3v) is 5.73. The summed E-state index contributed by atoms with van der Waals surface area (Å²) in [7, 11) is -2.48. The van der Waals surface area contributed by atoms with Crippen LogP contribution in [0.3, 0.4) is 0 Å². The number of thiophene rings is 1. The minimum atomic E-state index is -4.67. The van der Waals surface area contributed by atoms with Gasteiger partial charge >= 0.3 is 10.4 Å². The molecular formula is C19H21NO5S2. The van der Waals surface area contributed by atoms with Crippen molar-refractivity contribution in [3.05, 3.63) is 62.9 Å². The van der Waals surface area contributed by atoms with Gasteiger partial charge in [-0.15, -0.1) is 11.3 Å². The predicted octanol–water partition coefficient (Wildman–Crippen LogP) is 3.36. The van der Waals surface area contributed by atoms with Crippen LogP contribution in [0.15, 0.2) is 41.3 Å². The number of benzene rings is 1. The normalized spacial score (nSPS) is 17.5. The number of fused-ring (bicyclic) bond motifs is 2. The summed E-state index contributed by atoms with van der Waals surface area (Å²) in [5.41, 5.74) is 6.47. The van der Waals surface area contributed by atoms with Gasteiger partial charge in [0.05, 0.1) is 4.88 Å². The second-order valence-electron chi connectivity index (χ2n) is 6.65. The maximum Gasteiger partial charge on any atom is 0.394 e. The topological polar surface area (TPSA) is 94.9 Å². The third-order valence-electron chi connectivity index (χ3n) is 4.77. The van der Waals surface area contributed by atoms with Crippen LogP contribution in [0.5, 0.6) is 0 Å². The van der Waals surface area contributed by atoms with Crippen LogP contribution in [0.1, 0.15) is 39.2 Å². The molecule has 0 atom stereocenters. The van der Waals surface area contributed by atoms with E-state index in [0.717, 1.165) is 30.8 Å². The van der Waals surface area contributed by atoms with Crippen LogP contribution >= 0.6 is 11.3 Å². The van der Waals surface area contributed by atoms with Gasteiger partial charge in [-0.2, -0.15) is 8.42 Å². The standard InChI is InChI=1S/C19H19NOS.H2O4S/c1-20-9-6-13(7-10-20)18-15-5-3-2-4-14(15)12-17(21)19-16(18)8-11-22-19;1-5(2,3)4/h2-5,8,11H,6-7,9-10,12H2,1H3;(H2,1,2,3,4). The molecule has 1 aliphatic carbocycles. The molecule has 2 heterocycles. The number of rotatable bonds is 0. The molecule has 8 heteroatoms. The monoisotopic (exact) mass is 407 g/mol. The van der Waals surface area contributed by atoms with Crippen molar-refractivity contribution in [2.75, 3.05) is 20.1 Å². The molecule has 144 valence electrons. The summed E-state index contributed by atoms with van der Waals surface area (Å²) in [6, 6.07) is 10.6. The van der Waals surface area contributed by atoms with Gasteiger partial charge in [-0.25, -0.2) is 0 Å². The number of hydrogen-bond acceptors (Lipinski definition) is 5. The Kier molecular flexibility index (Phi) is 5.92. The fourth-order valence-electron chi connectivity index (χ4n) is 3.56. The summed E-state index contributed by atoms with van der Waals surface area (Å²) < 4.78 is 31.6. The molecule has 1 aromatic heterocycles. The highest BCUT2D eigenvalue weighted by molar-refractivity contribution is 7.79. The Balaban J connectivity index is 0.000000376. The maximum absolute atomic E-state index is 12.6. The molecule has 0 radical (unpaired) electrons. The second kappa shape index (κ2) is 8.04. The smallest absolute Gasteiger partial charge is 0.306 e. The molecule has 0 unspecified atom stereocenters. The number of piperidine rings is 1. The fraction of sp³-hybridized carbons (Fsp3) is 0.316. The molecular weight excluding hydrogens is 386 g/mol. The lowest BCUT2D eigenvalue weighted by Gasteiger charge is -2.27. The van der Waals surface area contributed by atoms with E-state index >= 15 is 0 Å². The first-order chi connectivity index (χ1) is 12.7. The van der Waals surface area contributed by atoms with Crippen LogP contribution in [0.2, 0.25) is 0 Å². The van der Waals surface area contributed by atoms with Gasteiger partial charge in [0.1, 0.15) is 0 Å². The molecule has 0 saturated carbocycles. The molecule has 6 nitrogen and oxygen atoms in total. The first-order valence-corrected chi connectivity index (χ1v) is 10.8. The quantitative estimate of drug-likeness (QED) is 0.650. The van der Waals surface area contributed by atoms with Crippen molar-refractivity contribution >= 4 is 33.1 Å². The maximum atomic E-state index is 12.6. The molecule has 4 rings (SSSR count). The molecule has 1 fully saturated rings. The van der Waals surface area contributed by atoms with E-state index in [-0.39, 0.29) is 5.78 Å². The van der Waals surface area contributed by atoms with E-state index in [0.29, 0.717) is 6.42 Å². The van der Waals surface area contributed by atoms with Gasteiger partial charge in [0.15, 0.2) is 5.78 Å². The number of Topliss-reactive ketones (excluding diaryl/α,β-unsaturated/α-hetero) is 1. The summed E-state index contributed by atoms with van der Waals surface area (Å²) in [6.45, 7) is 2.21. The van der Waals surface area contributed by atoms with Crippen LogP contribution in [-0.2, 0) is 16.8 Å². The second-order valence-corrected chi connectivity index (χ2v) is 8.46. The first kappa shape index (κ1) is 19.9. The Morgan fingerprint density at radius 3 is 2.33 bits per heavy atom. The Bertz CT molecular complexity index is 973. The highest BCUT2D eigenvalue weighted by Crippen LogP contribution is 2.40. The number of hydrogen-bond donors (Lipinski definition) is 2. The van der Waals surface area contributed by atoms with Crippen molar-refractivity contribution in [3.8, 4) is 0 Å². The van der Waals surface area contributed by atoms with Gasteiger partial charge in [-0.1, -0.05) is 29.8 Å². The average Bonchev–Trinajstić information content (AvgIpc) is 3.02. The van der Waals surface area contributed by atoms with Crippen molar-refractivity contribution in [1.82, 2.24) is 4.90 Å². The highest BCUT2D eigenvalue weighted by atomic mass is 32.3. The van der Waals surface area contributed by atoms with Gasteiger partial charge in [0.2, 0.25) is 0 Å². The summed E-state index contributed by atoms with van der Waals surface area (Å²) in [5.74, 6) is 0.265.